The molecule has 1 heterocycles. The molecule has 1 fully saturated rings. The molecular weight excluding hydrogens is 260 g/mol. The molecule has 0 aliphatic carbocycles. The van der Waals surface area contributed by atoms with Gasteiger partial charge in [0.05, 0.1) is 6.61 Å². The maximum absolute atomic E-state index is 12.0. The summed E-state index contributed by atoms with van der Waals surface area (Å²) in [6, 6.07) is 7.12. The lowest BCUT2D eigenvalue weighted by atomic mass is 10.1. The Balaban J connectivity index is 2.09. The Morgan fingerprint density at radius 1 is 1.45 bits per heavy atom. The molecule has 2 atom stereocenters. The normalized spacial score (nSPS) is 17.9. The van der Waals surface area contributed by atoms with E-state index in [1.807, 2.05) is 19.1 Å². The molecule has 2 unspecified atom stereocenters. The molecule has 20 heavy (non-hydrogen) atoms. The van der Waals surface area contributed by atoms with Crippen molar-refractivity contribution < 1.29 is 23.8 Å². The fraction of sp³-hybridized carbons (Fsp3) is 0.333. The molecule has 0 aromatic heterocycles. The van der Waals surface area contributed by atoms with Gasteiger partial charge in [-0.3, -0.25) is 0 Å². The van der Waals surface area contributed by atoms with Crippen LogP contribution in [0.5, 0.6) is 0 Å². The van der Waals surface area contributed by atoms with Gasteiger partial charge in [-0.25, -0.2) is 9.59 Å². The minimum Gasteiger partial charge on any atom is -0.460 e. The van der Waals surface area contributed by atoms with E-state index in [0.717, 1.165) is 11.6 Å². The van der Waals surface area contributed by atoms with Gasteiger partial charge >= 0.3 is 11.9 Å². The molecule has 1 aromatic rings. The van der Waals surface area contributed by atoms with E-state index in [9.17, 15) is 9.59 Å². The first-order valence-corrected chi connectivity index (χ1v) is 6.28. The van der Waals surface area contributed by atoms with E-state index < -0.39 is 18.0 Å². The van der Waals surface area contributed by atoms with Crippen molar-refractivity contribution in [1.29, 1.82) is 0 Å². The molecule has 0 amide bonds. The standard InChI is InChI=1S/C15H16O5/c1-3-13(16)20-14(11-6-4-10(2)5-7-11)15(17)19-9-12-8-18-12/h3-7,12,14H,1,8-9H2,2H3. The third kappa shape index (κ3) is 3.93. The van der Waals surface area contributed by atoms with Gasteiger partial charge in [0.1, 0.15) is 12.7 Å². The molecule has 1 aliphatic heterocycles. The van der Waals surface area contributed by atoms with Crippen LogP contribution < -0.4 is 0 Å². The van der Waals surface area contributed by atoms with Crippen LogP contribution in [0.15, 0.2) is 36.9 Å². The summed E-state index contributed by atoms with van der Waals surface area (Å²) in [7, 11) is 0. The van der Waals surface area contributed by atoms with E-state index in [1.54, 1.807) is 12.1 Å². The van der Waals surface area contributed by atoms with Crippen LogP contribution in [-0.2, 0) is 23.8 Å². The summed E-state index contributed by atoms with van der Waals surface area (Å²) < 4.78 is 15.1. The van der Waals surface area contributed by atoms with Crippen molar-refractivity contribution >= 4 is 11.9 Å². The summed E-state index contributed by atoms with van der Waals surface area (Å²) in [6.07, 6.45) is -0.106. The topological polar surface area (TPSA) is 65.1 Å². The first kappa shape index (κ1) is 14.3. The zero-order valence-corrected chi connectivity index (χ0v) is 11.2. The highest BCUT2D eigenvalue weighted by atomic mass is 16.6. The van der Waals surface area contributed by atoms with Crippen molar-refractivity contribution in [2.45, 2.75) is 19.1 Å². The number of rotatable bonds is 6. The van der Waals surface area contributed by atoms with Crippen molar-refractivity contribution in [3.8, 4) is 0 Å². The Bertz CT molecular complexity index is 502. The fourth-order valence-corrected chi connectivity index (χ4v) is 1.57. The summed E-state index contributed by atoms with van der Waals surface area (Å²) in [6.45, 7) is 6.01. The fourth-order valence-electron chi connectivity index (χ4n) is 1.57. The van der Waals surface area contributed by atoms with Gasteiger partial charge in [0, 0.05) is 11.6 Å². The predicted molar refractivity (Wildman–Crippen MR) is 70.9 cm³/mol. The second kappa shape index (κ2) is 6.34. The first-order valence-electron chi connectivity index (χ1n) is 6.28. The van der Waals surface area contributed by atoms with Gasteiger partial charge in [0.25, 0.3) is 0 Å². The van der Waals surface area contributed by atoms with E-state index in [1.165, 1.54) is 0 Å². The molecule has 5 heteroatoms. The molecule has 0 N–H and O–H groups in total. The van der Waals surface area contributed by atoms with Crippen LogP contribution in [0.4, 0.5) is 0 Å². The second-order valence-corrected chi connectivity index (χ2v) is 4.52. The van der Waals surface area contributed by atoms with Crippen molar-refractivity contribution in [2.24, 2.45) is 0 Å². The van der Waals surface area contributed by atoms with Crippen molar-refractivity contribution in [3.05, 3.63) is 48.0 Å². The summed E-state index contributed by atoms with van der Waals surface area (Å²) in [4.78, 5) is 23.4. The number of epoxide rings is 1. The molecule has 0 spiro atoms. The molecule has 0 radical (unpaired) electrons. The molecule has 1 aliphatic rings. The second-order valence-electron chi connectivity index (χ2n) is 4.52. The molecule has 2 rings (SSSR count). The van der Waals surface area contributed by atoms with Crippen LogP contribution in [0, 0.1) is 6.92 Å². The zero-order valence-electron chi connectivity index (χ0n) is 11.2. The SMILES string of the molecule is C=CC(=O)OC(C(=O)OCC1CO1)c1ccc(C)cc1. The minimum absolute atomic E-state index is 0.0345. The highest BCUT2D eigenvalue weighted by Crippen LogP contribution is 2.21. The number of hydrogen-bond donors (Lipinski definition) is 0. The molecule has 106 valence electrons. The van der Waals surface area contributed by atoms with Crippen molar-refractivity contribution in [3.63, 3.8) is 0 Å². The Kier molecular flexibility index (Phi) is 4.53. The summed E-state index contributed by atoms with van der Waals surface area (Å²) in [5.74, 6) is -1.28. The number of carbonyl (C=O) groups is 2. The van der Waals surface area contributed by atoms with E-state index in [-0.39, 0.29) is 12.7 Å². The monoisotopic (exact) mass is 276 g/mol. The zero-order chi connectivity index (χ0) is 14.5. The average Bonchev–Trinajstić information content (AvgIpc) is 3.27. The van der Waals surface area contributed by atoms with Crippen LogP contribution in [0.3, 0.4) is 0 Å². The molecule has 0 bridgehead atoms. The van der Waals surface area contributed by atoms with E-state index in [4.69, 9.17) is 14.2 Å². The van der Waals surface area contributed by atoms with Crippen LogP contribution in [0.25, 0.3) is 0 Å². The van der Waals surface area contributed by atoms with Crippen molar-refractivity contribution in [2.75, 3.05) is 13.2 Å². The van der Waals surface area contributed by atoms with E-state index in [2.05, 4.69) is 6.58 Å². The first-order chi connectivity index (χ1) is 9.60. The van der Waals surface area contributed by atoms with Crippen LogP contribution in [0.2, 0.25) is 0 Å². The number of carbonyl (C=O) groups excluding carboxylic acids is 2. The summed E-state index contributed by atoms with van der Waals surface area (Å²) in [5.41, 5.74) is 1.61. The maximum atomic E-state index is 12.0. The van der Waals surface area contributed by atoms with Gasteiger partial charge in [-0.15, -0.1) is 0 Å². The Hall–Kier alpha value is -2.14. The highest BCUT2D eigenvalue weighted by Gasteiger charge is 2.29. The maximum Gasteiger partial charge on any atom is 0.352 e. The predicted octanol–water partition coefficient (Wildman–Crippen LogP) is 1.71. The smallest absolute Gasteiger partial charge is 0.352 e. The molecule has 5 nitrogen and oxygen atoms in total. The summed E-state index contributed by atoms with van der Waals surface area (Å²) in [5, 5.41) is 0. The quantitative estimate of drug-likeness (QED) is 0.449. The lowest BCUT2D eigenvalue weighted by Gasteiger charge is -2.16. The lowest BCUT2D eigenvalue weighted by molar-refractivity contribution is -0.166. The van der Waals surface area contributed by atoms with E-state index >= 15 is 0 Å². The number of hydrogen-bond acceptors (Lipinski definition) is 5. The van der Waals surface area contributed by atoms with Gasteiger partial charge in [0.15, 0.2) is 0 Å². The molecule has 1 saturated heterocycles. The van der Waals surface area contributed by atoms with Crippen molar-refractivity contribution in [1.82, 2.24) is 0 Å². The van der Waals surface area contributed by atoms with Crippen LogP contribution in [0.1, 0.15) is 17.2 Å². The van der Waals surface area contributed by atoms with E-state index in [0.29, 0.717) is 12.2 Å². The minimum atomic E-state index is -1.08. The largest absolute Gasteiger partial charge is 0.460 e. The number of aryl methyl sites for hydroxylation is 1. The highest BCUT2D eigenvalue weighted by molar-refractivity contribution is 5.85. The van der Waals surface area contributed by atoms with Gasteiger partial charge in [-0.1, -0.05) is 36.4 Å². The average molecular weight is 276 g/mol. The van der Waals surface area contributed by atoms with Gasteiger partial charge in [-0.05, 0) is 6.92 Å². The Morgan fingerprint density at radius 2 is 2.10 bits per heavy atom. The Morgan fingerprint density at radius 3 is 2.65 bits per heavy atom. The molecular formula is C15H16O5. The number of benzene rings is 1. The van der Waals surface area contributed by atoms with Crippen LogP contribution >= 0.6 is 0 Å². The number of ether oxygens (including phenoxy) is 3. The van der Waals surface area contributed by atoms with Gasteiger partial charge < -0.3 is 14.2 Å². The number of esters is 2. The lowest BCUT2D eigenvalue weighted by Crippen LogP contribution is -2.22. The van der Waals surface area contributed by atoms with Gasteiger partial charge in [0.2, 0.25) is 6.10 Å². The van der Waals surface area contributed by atoms with Gasteiger partial charge in [-0.2, -0.15) is 0 Å². The third-order valence-electron chi connectivity index (χ3n) is 2.81. The molecule has 1 aromatic carbocycles. The molecule has 0 saturated carbocycles. The van der Waals surface area contributed by atoms with Crippen LogP contribution in [-0.4, -0.2) is 31.3 Å². The third-order valence-corrected chi connectivity index (χ3v) is 2.81. The summed E-state index contributed by atoms with van der Waals surface area (Å²) >= 11 is 0. The Labute approximate surface area is 117 Å².